The van der Waals surface area contributed by atoms with Gasteiger partial charge in [0.2, 0.25) is 0 Å². The lowest BCUT2D eigenvalue weighted by Crippen LogP contribution is -2.02. The van der Waals surface area contributed by atoms with Crippen LogP contribution >= 0.6 is 23.8 Å². The molecule has 17 heavy (non-hydrogen) atoms. The maximum Gasteiger partial charge on any atom is 0.354 e. The molecule has 4 nitrogen and oxygen atoms in total. The molecular formula is C11H9ClN2O2S. The Balaban J connectivity index is 2.36. The van der Waals surface area contributed by atoms with E-state index in [1.165, 1.54) is 0 Å². The number of nitrogens with one attached hydrogen (secondary N) is 2. The minimum absolute atomic E-state index is 0.0926. The van der Waals surface area contributed by atoms with Crippen molar-refractivity contribution in [2.24, 2.45) is 0 Å². The highest BCUT2D eigenvalue weighted by Gasteiger charge is 2.13. The van der Waals surface area contributed by atoms with Crippen molar-refractivity contribution in [3.63, 3.8) is 0 Å². The third-order valence-corrected chi connectivity index (χ3v) is 2.73. The largest absolute Gasteiger partial charge is 0.477 e. The topological polar surface area (TPSA) is 68.9 Å². The van der Waals surface area contributed by atoms with Crippen molar-refractivity contribution < 1.29 is 9.90 Å². The third kappa shape index (κ3) is 2.75. The third-order valence-electron chi connectivity index (χ3n) is 2.29. The number of halogens is 1. The fourth-order valence-corrected chi connectivity index (χ4v) is 2.02. The highest BCUT2D eigenvalue weighted by Crippen LogP contribution is 2.15. The first-order chi connectivity index (χ1) is 8.06. The summed E-state index contributed by atoms with van der Waals surface area (Å²) in [5.41, 5.74) is 1.56. The van der Waals surface area contributed by atoms with E-state index in [-0.39, 0.29) is 5.69 Å². The standard InChI is InChI=1S/C11H9ClN2O2S/c12-7-3-1-2-6(4-7)5-8-9(10(15)16)14-11(17)13-8/h1-4H,5H2,(H,15,16)(H2,13,14,17). The van der Waals surface area contributed by atoms with E-state index in [0.717, 1.165) is 5.56 Å². The van der Waals surface area contributed by atoms with Gasteiger partial charge in [0.25, 0.3) is 0 Å². The first-order valence-electron chi connectivity index (χ1n) is 4.85. The Morgan fingerprint density at radius 1 is 1.41 bits per heavy atom. The van der Waals surface area contributed by atoms with Crippen LogP contribution in [0.2, 0.25) is 5.02 Å². The SMILES string of the molecule is O=C(O)c1[nH]c(=S)[nH]c1Cc1cccc(Cl)c1. The molecule has 0 radical (unpaired) electrons. The van der Waals surface area contributed by atoms with Crippen LogP contribution in [0.5, 0.6) is 0 Å². The van der Waals surface area contributed by atoms with Crippen molar-refractivity contribution in [1.82, 2.24) is 9.97 Å². The van der Waals surface area contributed by atoms with Crippen LogP contribution < -0.4 is 0 Å². The number of imidazole rings is 1. The zero-order chi connectivity index (χ0) is 12.4. The molecule has 88 valence electrons. The Morgan fingerprint density at radius 3 is 2.82 bits per heavy atom. The molecule has 0 saturated heterocycles. The van der Waals surface area contributed by atoms with Gasteiger partial charge >= 0.3 is 5.97 Å². The van der Waals surface area contributed by atoms with Crippen LogP contribution in [0.25, 0.3) is 0 Å². The molecule has 0 aliphatic heterocycles. The number of aromatic carboxylic acids is 1. The molecule has 6 heteroatoms. The van der Waals surface area contributed by atoms with E-state index >= 15 is 0 Å². The molecule has 1 aromatic carbocycles. The molecule has 0 amide bonds. The van der Waals surface area contributed by atoms with E-state index in [1.807, 2.05) is 12.1 Å². The number of H-pyrrole nitrogens is 2. The highest BCUT2D eigenvalue weighted by atomic mass is 35.5. The Kier molecular flexibility index (Phi) is 3.31. The molecule has 0 spiro atoms. The summed E-state index contributed by atoms with van der Waals surface area (Å²) in [6.45, 7) is 0. The number of carboxylic acid groups (broad SMARTS) is 1. The number of carbonyl (C=O) groups is 1. The van der Waals surface area contributed by atoms with Crippen LogP contribution in [0.15, 0.2) is 24.3 Å². The first-order valence-corrected chi connectivity index (χ1v) is 5.64. The van der Waals surface area contributed by atoms with Gasteiger partial charge in [-0.3, -0.25) is 0 Å². The summed E-state index contributed by atoms with van der Waals surface area (Å²) in [7, 11) is 0. The molecule has 1 aromatic heterocycles. The molecule has 0 bridgehead atoms. The predicted molar refractivity (Wildman–Crippen MR) is 67.2 cm³/mol. The van der Waals surface area contributed by atoms with E-state index in [2.05, 4.69) is 9.97 Å². The lowest BCUT2D eigenvalue weighted by Gasteiger charge is -2.01. The summed E-state index contributed by atoms with van der Waals surface area (Å²) in [5, 5.41) is 9.61. The molecule has 0 aliphatic carbocycles. The second kappa shape index (κ2) is 4.73. The molecule has 2 aromatic rings. The van der Waals surface area contributed by atoms with Crippen LogP contribution in [0, 0.1) is 4.77 Å². The van der Waals surface area contributed by atoms with Crippen molar-refractivity contribution in [3.05, 3.63) is 51.0 Å². The second-order valence-corrected chi connectivity index (χ2v) is 4.39. The van der Waals surface area contributed by atoms with Gasteiger partial charge in [0, 0.05) is 11.4 Å². The zero-order valence-corrected chi connectivity index (χ0v) is 10.2. The van der Waals surface area contributed by atoms with E-state index in [4.69, 9.17) is 28.9 Å². The molecule has 0 aliphatic rings. The number of hydrogen-bond donors (Lipinski definition) is 3. The fraction of sp³-hybridized carbons (Fsp3) is 0.0909. The summed E-state index contributed by atoms with van der Waals surface area (Å²) in [5.74, 6) is -1.03. The Labute approximate surface area is 107 Å². The number of carboxylic acids is 1. The number of hydrogen-bond acceptors (Lipinski definition) is 2. The summed E-state index contributed by atoms with van der Waals surface area (Å²) < 4.78 is 0.305. The average molecular weight is 269 g/mol. The zero-order valence-electron chi connectivity index (χ0n) is 8.66. The minimum Gasteiger partial charge on any atom is -0.477 e. The quantitative estimate of drug-likeness (QED) is 0.750. The smallest absolute Gasteiger partial charge is 0.354 e. The van der Waals surface area contributed by atoms with E-state index in [0.29, 0.717) is 21.9 Å². The van der Waals surface area contributed by atoms with Gasteiger partial charge in [0.1, 0.15) is 5.69 Å². The Morgan fingerprint density at radius 2 is 2.18 bits per heavy atom. The van der Waals surface area contributed by atoms with Gasteiger partial charge in [0.15, 0.2) is 4.77 Å². The maximum absolute atomic E-state index is 11.0. The molecule has 0 unspecified atom stereocenters. The minimum atomic E-state index is -1.03. The van der Waals surface area contributed by atoms with E-state index in [1.54, 1.807) is 12.1 Å². The van der Waals surface area contributed by atoms with E-state index < -0.39 is 5.97 Å². The molecular weight excluding hydrogens is 260 g/mol. The normalized spacial score (nSPS) is 10.4. The molecule has 0 atom stereocenters. The molecule has 0 saturated carbocycles. The van der Waals surface area contributed by atoms with Gasteiger partial charge in [-0.25, -0.2) is 4.79 Å². The van der Waals surface area contributed by atoms with Crippen LogP contribution in [0.3, 0.4) is 0 Å². The molecule has 3 N–H and O–H groups in total. The number of rotatable bonds is 3. The van der Waals surface area contributed by atoms with Crippen molar-refractivity contribution in [3.8, 4) is 0 Å². The summed E-state index contributed by atoms with van der Waals surface area (Å²) in [6.07, 6.45) is 0.440. The lowest BCUT2D eigenvalue weighted by atomic mass is 10.1. The molecule has 0 fully saturated rings. The van der Waals surface area contributed by atoms with Crippen molar-refractivity contribution in [2.75, 3.05) is 0 Å². The highest BCUT2D eigenvalue weighted by molar-refractivity contribution is 7.71. The van der Waals surface area contributed by atoms with Crippen LogP contribution in [0.4, 0.5) is 0 Å². The lowest BCUT2D eigenvalue weighted by molar-refractivity contribution is 0.0690. The Hall–Kier alpha value is -1.59. The van der Waals surface area contributed by atoms with Gasteiger partial charge in [0.05, 0.1) is 5.69 Å². The summed E-state index contributed by atoms with van der Waals surface area (Å²) >= 11 is 10.7. The van der Waals surface area contributed by atoms with Gasteiger partial charge in [-0.2, -0.15) is 0 Å². The van der Waals surface area contributed by atoms with Gasteiger partial charge in [-0.1, -0.05) is 23.7 Å². The van der Waals surface area contributed by atoms with Gasteiger partial charge < -0.3 is 15.1 Å². The van der Waals surface area contributed by atoms with Gasteiger partial charge in [-0.15, -0.1) is 0 Å². The van der Waals surface area contributed by atoms with E-state index in [9.17, 15) is 4.79 Å². The monoisotopic (exact) mass is 268 g/mol. The van der Waals surface area contributed by atoms with Gasteiger partial charge in [-0.05, 0) is 29.9 Å². The Bertz CT molecular complexity index is 618. The van der Waals surface area contributed by atoms with Crippen molar-refractivity contribution >= 4 is 29.8 Å². The average Bonchev–Trinajstić information content (AvgIpc) is 2.59. The van der Waals surface area contributed by atoms with Crippen LogP contribution in [-0.4, -0.2) is 21.0 Å². The number of aromatic nitrogens is 2. The first kappa shape index (κ1) is 11.9. The number of aromatic amines is 2. The predicted octanol–water partition coefficient (Wildman–Crippen LogP) is 3.01. The summed E-state index contributed by atoms with van der Waals surface area (Å²) in [6, 6.07) is 7.25. The number of benzene rings is 1. The fourth-order valence-electron chi connectivity index (χ4n) is 1.59. The molecule has 1 heterocycles. The molecule has 2 rings (SSSR count). The van der Waals surface area contributed by atoms with Crippen LogP contribution in [0.1, 0.15) is 21.7 Å². The van der Waals surface area contributed by atoms with Crippen LogP contribution in [-0.2, 0) is 6.42 Å². The van der Waals surface area contributed by atoms with Crippen molar-refractivity contribution in [2.45, 2.75) is 6.42 Å². The second-order valence-electron chi connectivity index (χ2n) is 3.54. The summed E-state index contributed by atoms with van der Waals surface area (Å²) in [4.78, 5) is 16.4. The van der Waals surface area contributed by atoms with Crippen molar-refractivity contribution in [1.29, 1.82) is 0 Å². The maximum atomic E-state index is 11.0.